The number of nitrogens with one attached hydrogen (secondary N) is 1. The third kappa shape index (κ3) is 79.2. The minimum Gasteiger partial charge on any atom is -0.466 e. The van der Waals surface area contributed by atoms with Gasteiger partial charge in [0.1, 0.15) is 0 Å². The number of amides is 1. The Bertz CT molecular complexity index is 1460. The summed E-state index contributed by atoms with van der Waals surface area (Å²) >= 11 is 0. The van der Waals surface area contributed by atoms with E-state index < -0.39 is 12.1 Å². The lowest BCUT2D eigenvalue weighted by molar-refractivity contribution is -0.143. The van der Waals surface area contributed by atoms with Gasteiger partial charge in [0.25, 0.3) is 0 Å². The number of hydrogen-bond donors (Lipinski definition) is 3. The van der Waals surface area contributed by atoms with Crippen molar-refractivity contribution in [2.75, 3.05) is 13.2 Å². The molecule has 552 valence electrons. The zero-order chi connectivity index (χ0) is 67.0. The van der Waals surface area contributed by atoms with Crippen molar-refractivity contribution in [3.8, 4) is 0 Å². The summed E-state index contributed by atoms with van der Waals surface area (Å²) in [5.41, 5.74) is 0. The molecular weight excluding hydrogens is 1140 g/mol. The van der Waals surface area contributed by atoms with Crippen LogP contribution in [0.5, 0.6) is 0 Å². The van der Waals surface area contributed by atoms with Crippen LogP contribution in [0.15, 0.2) is 24.3 Å². The van der Waals surface area contributed by atoms with E-state index in [9.17, 15) is 19.8 Å². The first-order valence-corrected chi connectivity index (χ1v) is 43.1. The van der Waals surface area contributed by atoms with Gasteiger partial charge in [-0.05, 0) is 77.0 Å². The summed E-state index contributed by atoms with van der Waals surface area (Å²) < 4.78 is 5.51. The first kappa shape index (κ1) is 91.3. The van der Waals surface area contributed by atoms with Gasteiger partial charge in [0, 0.05) is 12.8 Å². The molecule has 2 atom stereocenters. The van der Waals surface area contributed by atoms with E-state index in [1.165, 1.54) is 424 Å². The Kier molecular flexibility index (Phi) is 81.3. The minimum absolute atomic E-state index is 0.0203. The molecule has 3 N–H and O–H groups in total. The van der Waals surface area contributed by atoms with Crippen LogP contribution >= 0.6 is 0 Å². The molecule has 0 heterocycles. The first-order chi connectivity index (χ1) is 46.0. The maximum absolute atomic E-state index is 12.6. The normalized spacial score (nSPS) is 12.5. The lowest BCUT2D eigenvalue weighted by Crippen LogP contribution is -2.45. The Balaban J connectivity index is 3.32. The van der Waals surface area contributed by atoms with Crippen LogP contribution in [0, 0.1) is 0 Å². The molecule has 0 aromatic heterocycles. The van der Waals surface area contributed by atoms with E-state index in [4.69, 9.17) is 4.74 Å². The lowest BCUT2D eigenvalue weighted by atomic mass is 10.0. The fraction of sp³-hybridized carbons (Fsp3) is 0.931. The fourth-order valence-electron chi connectivity index (χ4n) is 13.9. The van der Waals surface area contributed by atoms with Gasteiger partial charge in [0.05, 0.1) is 25.4 Å². The van der Waals surface area contributed by atoms with Crippen LogP contribution in [0.4, 0.5) is 0 Å². The summed E-state index contributed by atoms with van der Waals surface area (Å²) in [6.45, 7) is 5.01. The third-order valence-corrected chi connectivity index (χ3v) is 20.5. The molecule has 0 aliphatic carbocycles. The van der Waals surface area contributed by atoms with Crippen molar-refractivity contribution in [3.05, 3.63) is 24.3 Å². The highest BCUT2D eigenvalue weighted by molar-refractivity contribution is 5.76. The minimum atomic E-state index is -0.662. The third-order valence-electron chi connectivity index (χ3n) is 20.5. The molecule has 0 radical (unpaired) electrons. The van der Waals surface area contributed by atoms with E-state index >= 15 is 0 Å². The molecule has 0 aliphatic rings. The molecule has 0 saturated carbocycles. The number of esters is 1. The second-order valence-electron chi connectivity index (χ2n) is 29.9. The van der Waals surface area contributed by atoms with E-state index in [1.54, 1.807) is 0 Å². The number of unbranched alkanes of at least 4 members (excludes halogenated alkanes) is 67. The number of rotatable bonds is 82. The second-order valence-corrected chi connectivity index (χ2v) is 29.9. The first-order valence-electron chi connectivity index (χ1n) is 43.1. The van der Waals surface area contributed by atoms with E-state index in [1.807, 2.05) is 0 Å². The van der Waals surface area contributed by atoms with E-state index in [2.05, 4.69) is 43.5 Å². The smallest absolute Gasteiger partial charge is 0.305 e. The molecule has 0 aromatic rings. The number of carbonyl (C=O) groups is 2. The van der Waals surface area contributed by atoms with Crippen molar-refractivity contribution in [2.24, 2.45) is 0 Å². The van der Waals surface area contributed by atoms with Crippen LogP contribution in [0.1, 0.15) is 495 Å². The SMILES string of the molecule is CCCCCCCC/C=C\CCCCCCCCCC(=O)OCCCCCCCCCCCCCCCCCCCC/C=C\CCCCCCCCCCCCCCCCCCCC(=O)NC(CO)C(O)CCCCCCCCCCCCCCCCCCCCCC. The van der Waals surface area contributed by atoms with Crippen molar-refractivity contribution < 1.29 is 24.5 Å². The van der Waals surface area contributed by atoms with Gasteiger partial charge >= 0.3 is 5.97 Å². The quantitative estimate of drug-likeness (QED) is 0.0320. The van der Waals surface area contributed by atoms with Gasteiger partial charge in [-0.25, -0.2) is 0 Å². The van der Waals surface area contributed by atoms with Crippen molar-refractivity contribution >= 4 is 11.9 Å². The molecule has 0 spiro atoms. The van der Waals surface area contributed by atoms with Crippen molar-refractivity contribution in [2.45, 2.75) is 508 Å². The molecular formula is C87H169NO5. The van der Waals surface area contributed by atoms with Crippen LogP contribution in [-0.2, 0) is 14.3 Å². The molecule has 6 heteroatoms. The number of carbonyl (C=O) groups excluding carboxylic acids is 2. The molecule has 1 amide bonds. The average molecular weight is 1310 g/mol. The molecule has 2 unspecified atom stereocenters. The summed E-state index contributed by atoms with van der Waals surface area (Å²) in [4.78, 5) is 24.7. The van der Waals surface area contributed by atoms with Crippen LogP contribution in [-0.4, -0.2) is 47.4 Å². The summed E-state index contributed by atoms with van der Waals surface area (Å²) in [6.07, 6.45) is 107. The predicted octanol–water partition coefficient (Wildman–Crippen LogP) is 28.8. The van der Waals surface area contributed by atoms with Crippen LogP contribution in [0.25, 0.3) is 0 Å². The van der Waals surface area contributed by atoms with Gasteiger partial charge in [-0.15, -0.1) is 0 Å². The molecule has 0 fully saturated rings. The lowest BCUT2D eigenvalue weighted by Gasteiger charge is -2.22. The van der Waals surface area contributed by atoms with Gasteiger partial charge in [-0.2, -0.15) is 0 Å². The highest BCUT2D eigenvalue weighted by atomic mass is 16.5. The highest BCUT2D eigenvalue weighted by Gasteiger charge is 2.20. The Morgan fingerprint density at radius 3 is 0.763 bits per heavy atom. The fourth-order valence-corrected chi connectivity index (χ4v) is 13.9. The van der Waals surface area contributed by atoms with E-state index in [0.29, 0.717) is 25.9 Å². The van der Waals surface area contributed by atoms with E-state index in [0.717, 1.165) is 38.5 Å². The number of aliphatic hydroxyl groups excluding tert-OH is 2. The zero-order valence-electron chi connectivity index (χ0n) is 63.5. The molecule has 0 aliphatic heterocycles. The Hall–Kier alpha value is -1.66. The average Bonchev–Trinajstić information content (AvgIpc) is 3.78. The maximum Gasteiger partial charge on any atom is 0.305 e. The van der Waals surface area contributed by atoms with Crippen molar-refractivity contribution in [1.82, 2.24) is 5.32 Å². The highest BCUT2D eigenvalue weighted by Crippen LogP contribution is 2.21. The van der Waals surface area contributed by atoms with Gasteiger partial charge in [0.2, 0.25) is 5.91 Å². The molecule has 0 aromatic carbocycles. The van der Waals surface area contributed by atoms with Gasteiger partial charge in [0.15, 0.2) is 0 Å². The monoisotopic (exact) mass is 1310 g/mol. The number of aliphatic hydroxyl groups is 2. The van der Waals surface area contributed by atoms with Crippen LogP contribution in [0.2, 0.25) is 0 Å². The van der Waals surface area contributed by atoms with Crippen LogP contribution in [0.3, 0.4) is 0 Å². The van der Waals surface area contributed by atoms with Gasteiger partial charge < -0.3 is 20.3 Å². The molecule has 0 saturated heterocycles. The van der Waals surface area contributed by atoms with Gasteiger partial charge in [-0.1, -0.05) is 430 Å². The molecule has 0 rings (SSSR count). The number of hydrogen-bond acceptors (Lipinski definition) is 5. The van der Waals surface area contributed by atoms with Crippen LogP contribution < -0.4 is 5.32 Å². The maximum atomic E-state index is 12.6. The molecule has 93 heavy (non-hydrogen) atoms. The Labute approximate surface area is 583 Å². The molecule has 6 nitrogen and oxygen atoms in total. The van der Waals surface area contributed by atoms with Crippen molar-refractivity contribution in [3.63, 3.8) is 0 Å². The van der Waals surface area contributed by atoms with Gasteiger partial charge in [-0.3, -0.25) is 9.59 Å². The number of allylic oxidation sites excluding steroid dienone is 4. The summed E-state index contributed by atoms with van der Waals surface area (Å²) in [5, 5.41) is 23.5. The predicted molar refractivity (Wildman–Crippen MR) is 412 cm³/mol. The standard InChI is InChI=1S/C87H169NO5/c1-3-5-7-9-11-13-15-17-19-21-22-44-48-51-55-59-63-67-71-75-79-85(90)84(83-89)88-86(91)80-76-72-68-64-60-56-52-49-45-42-40-38-36-34-32-30-28-26-24-23-25-27-29-31-33-35-37-39-41-43-46-50-54-58-62-66-70-74-78-82-93-87(92)81-77-73-69-65-61-57-53-47-20-18-16-14-12-10-8-6-4-2/h18,20,23-24,84-85,89-90H,3-17,19,21-22,25-83H2,1-2H3,(H,88,91)/b20-18-,24-23-. The summed E-state index contributed by atoms with van der Waals surface area (Å²) in [6, 6.07) is -0.539. The summed E-state index contributed by atoms with van der Waals surface area (Å²) in [7, 11) is 0. The topological polar surface area (TPSA) is 95.9 Å². The second kappa shape index (κ2) is 82.8. The molecule has 0 bridgehead atoms. The largest absolute Gasteiger partial charge is 0.466 e. The van der Waals surface area contributed by atoms with Crippen molar-refractivity contribution in [1.29, 1.82) is 0 Å². The Morgan fingerprint density at radius 2 is 0.505 bits per heavy atom. The summed E-state index contributed by atoms with van der Waals surface area (Å²) in [5.74, 6) is -0.00482. The number of ether oxygens (including phenoxy) is 1. The van der Waals surface area contributed by atoms with E-state index in [-0.39, 0.29) is 18.5 Å². The Morgan fingerprint density at radius 1 is 0.290 bits per heavy atom. The zero-order valence-corrected chi connectivity index (χ0v) is 63.5.